The molecule has 4 nitrogen and oxygen atoms in total. The van der Waals surface area contributed by atoms with E-state index in [2.05, 4.69) is 4.98 Å². The van der Waals surface area contributed by atoms with Gasteiger partial charge in [-0.25, -0.2) is 4.98 Å². The largest absolute Gasteiger partial charge is 0.390 e. The number of benzene rings is 1. The Morgan fingerprint density at radius 3 is 2.89 bits per heavy atom. The number of rotatable bonds is 3. The molecule has 2 aromatic rings. The zero-order valence-corrected chi connectivity index (χ0v) is 11.2. The number of aliphatic hydroxyl groups is 1. The molecule has 1 aromatic carbocycles. The van der Waals surface area contributed by atoms with E-state index in [1.807, 2.05) is 23.8 Å². The number of imidazole rings is 1. The Hall–Kier alpha value is -1.48. The SMILES string of the molecule is Cn1c(CO)cnc1Sc1ccc(C#N)c(Cl)c1. The van der Waals surface area contributed by atoms with Gasteiger partial charge in [0, 0.05) is 11.9 Å². The minimum atomic E-state index is -0.0435. The first-order valence-corrected chi connectivity index (χ1v) is 6.34. The summed E-state index contributed by atoms with van der Waals surface area (Å²) in [6.45, 7) is -0.0435. The van der Waals surface area contributed by atoms with Crippen molar-refractivity contribution in [3.8, 4) is 6.07 Å². The molecular formula is C12H10ClN3OS. The van der Waals surface area contributed by atoms with E-state index in [-0.39, 0.29) is 6.61 Å². The Bertz CT molecular complexity index is 618. The third kappa shape index (κ3) is 2.51. The number of nitriles is 1. The van der Waals surface area contributed by atoms with Gasteiger partial charge in [0.25, 0.3) is 0 Å². The molecular weight excluding hydrogens is 270 g/mol. The van der Waals surface area contributed by atoms with Gasteiger partial charge >= 0.3 is 0 Å². The number of halogens is 1. The molecule has 0 unspecified atom stereocenters. The third-order valence-corrected chi connectivity index (χ3v) is 3.84. The summed E-state index contributed by atoms with van der Waals surface area (Å²) in [4.78, 5) is 5.11. The lowest BCUT2D eigenvalue weighted by Gasteiger charge is -2.04. The molecule has 0 saturated heterocycles. The van der Waals surface area contributed by atoms with Crippen molar-refractivity contribution in [1.29, 1.82) is 5.26 Å². The summed E-state index contributed by atoms with van der Waals surface area (Å²) in [6.07, 6.45) is 1.63. The van der Waals surface area contributed by atoms with Crippen molar-refractivity contribution < 1.29 is 5.11 Å². The van der Waals surface area contributed by atoms with Gasteiger partial charge in [-0.1, -0.05) is 23.4 Å². The average molecular weight is 280 g/mol. The Labute approximate surface area is 114 Å². The van der Waals surface area contributed by atoms with Crippen LogP contribution in [0.2, 0.25) is 5.02 Å². The molecule has 0 saturated carbocycles. The van der Waals surface area contributed by atoms with Gasteiger partial charge in [-0.05, 0) is 18.2 Å². The molecule has 6 heteroatoms. The van der Waals surface area contributed by atoms with E-state index in [4.69, 9.17) is 22.0 Å². The highest BCUT2D eigenvalue weighted by Crippen LogP contribution is 2.30. The van der Waals surface area contributed by atoms with Crippen molar-refractivity contribution in [3.05, 3.63) is 40.7 Å². The zero-order valence-electron chi connectivity index (χ0n) is 9.59. The van der Waals surface area contributed by atoms with E-state index in [0.29, 0.717) is 10.6 Å². The maximum absolute atomic E-state index is 9.08. The minimum Gasteiger partial charge on any atom is -0.390 e. The van der Waals surface area contributed by atoms with Crippen LogP contribution in [0.1, 0.15) is 11.3 Å². The first-order valence-electron chi connectivity index (χ1n) is 5.14. The predicted molar refractivity (Wildman–Crippen MR) is 69.4 cm³/mol. The molecule has 92 valence electrons. The van der Waals surface area contributed by atoms with Crippen LogP contribution in [-0.2, 0) is 13.7 Å². The second-order valence-electron chi connectivity index (χ2n) is 3.60. The first kappa shape index (κ1) is 13.0. The van der Waals surface area contributed by atoms with Gasteiger partial charge in [-0.2, -0.15) is 5.26 Å². The summed E-state index contributed by atoms with van der Waals surface area (Å²) in [6, 6.07) is 7.25. The predicted octanol–water partition coefficient (Wildman–Crippen LogP) is 2.59. The lowest BCUT2D eigenvalue weighted by Crippen LogP contribution is -1.97. The summed E-state index contributed by atoms with van der Waals surface area (Å²) in [5.41, 5.74) is 1.20. The summed E-state index contributed by atoms with van der Waals surface area (Å²) < 4.78 is 1.82. The lowest BCUT2D eigenvalue weighted by molar-refractivity contribution is 0.271. The summed E-state index contributed by atoms with van der Waals surface area (Å²) in [7, 11) is 1.84. The molecule has 0 aliphatic heterocycles. The van der Waals surface area contributed by atoms with Crippen LogP contribution in [0.5, 0.6) is 0 Å². The molecule has 0 aliphatic carbocycles. The van der Waals surface area contributed by atoms with Gasteiger partial charge in [0.15, 0.2) is 5.16 Å². The first-order chi connectivity index (χ1) is 8.65. The van der Waals surface area contributed by atoms with E-state index in [0.717, 1.165) is 15.7 Å². The molecule has 0 bridgehead atoms. The maximum atomic E-state index is 9.08. The van der Waals surface area contributed by atoms with E-state index >= 15 is 0 Å². The van der Waals surface area contributed by atoms with E-state index < -0.39 is 0 Å². The molecule has 1 aromatic heterocycles. The summed E-state index contributed by atoms with van der Waals surface area (Å²) >= 11 is 7.40. The molecule has 0 amide bonds. The van der Waals surface area contributed by atoms with Crippen molar-refractivity contribution in [2.45, 2.75) is 16.7 Å². The second-order valence-corrected chi connectivity index (χ2v) is 5.05. The molecule has 1 N–H and O–H groups in total. The molecule has 0 fully saturated rings. The van der Waals surface area contributed by atoms with Crippen LogP contribution in [-0.4, -0.2) is 14.7 Å². The number of nitrogens with zero attached hydrogens (tertiary/aromatic N) is 3. The quantitative estimate of drug-likeness (QED) is 0.938. The molecule has 0 radical (unpaired) electrons. The number of aromatic nitrogens is 2. The zero-order chi connectivity index (χ0) is 13.1. The fourth-order valence-corrected chi connectivity index (χ4v) is 2.59. The average Bonchev–Trinajstić information content (AvgIpc) is 2.71. The van der Waals surface area contributed by atoms with Crippen molar-refractivity contribution in [1.82, 2.24) is 9.55 Å². The second kappa shape index (κ2) is 5.44. The van der Waals surface area contributed by atoms with Gasteiger partial charge in [0.2, 0.25) is 0 Å². The van der Waals surface area contributed by atoms with Crippen molar-refractivity contribution in [3.63, 3.8) is 0 Å². The topological polar surface area (TPSA) is 61.8 Å². The maximum Gasteiger partial charge on any atom is 0.172 e. The Balaban J connectivity index is 2.26. The minimum absolute atomic E-state index is 0.0435. The van der Waals surface area contributed by atoms with E-state index in [1.54, 1.807) is 18.3 Å². The molecule has 2 rings (SSSR count). The molecule has 18 heavy (non-hydrogen) atoms. The molecule has 0 aliphatic rings. The van der Waals surface area contributed by atoms with Gasteiger partial charge in [0.1, 0.15) is 6.07 Å². The summed E-state index contributed by atoms with van der Waals surface area (Å²) in [5, 5.41) is 19.1. The normalized spacial score (nSPS) is 10.3. The van der Waals surface area contributed by atoms with Gasteiger partial charge in [-0.15, -0.1) is 0 Å². The van der Waals surface area contributed by atoms with Crippen LogP contribution in [0.3, 0.4) is 0 Å². The highest BCUT2D eigenvalue weighted by molar-refractivity contribution is 7.99. The van der Waals surface area contributed by atoms with Gasteiger partial charge < -0.3 is 9.67 Å². The van der Waals surface area contributed by atoms with E-state index in [9.17, 15) is 0 Å². The van der Waals surface area contributed by atoms with E-state index in [1.165, 1.54) is 11.8 Å². The number of hydrogen-bond donors (Lipinski definition) is 1. The molecule has 1 heterocycles. The third-order valence-electron chi connectivity index (χ3n) is 2.47. The summed E-state index contributed by atoms with van der Waals surface area (Å²) in [5.74, 6) is 0. The Morgan fingerprint density at radius 1 is 1.56 bits per heavy atom. The molecule has 0 spiro atoms. The highest BCUT2D eigenvalue weighted by atomic mass is 35.5. The van der Waals surface area contributed by atoms with Crippen LogP contribution >= 0.6 is 23.4 Å². The van der Waals surface area contributed by atoms with Crippen LogP contribution < -0.4 is 0 Å². The Morgan fingerprint density at radius 2 is 2.33 bits per heavy atom. The van der Waals surface area contributed by atoms with Crippen LogP contribution in [0.25, 0.3) is 0 Å². The van der Waals surface area contributed by atoms with Crippen molar-refractivity contribution in [2.24, 2.45) is 7.05 Å². The fraction of sp³-hybridized carbons (Fsp3) is 0.167. The smallest absolute Gasteiger partial charge is 0.172 e. The lowest BCUT2D eigenvalue weighted by atomic mass is 10.2. The Kier molecular flexibility index (Phi) is 3.92. The van der Waals surface area contributed by atoms with Crippen molar-refractivity contribution >= 4 is 23.4 Å². The van der Waals surface area contributed by atoms with Crippen molar-refractivity contribution in [2.75, 3.05) is 0 Å². The number of aliphatic hydroxyl groups excluding tert-OH is 1. The van der Waals surface area contributed by atoms with Gasteiger partial charge in [0.05, 0.1) is 29.1 Å². The van der Waals surface area contributed by atoms with Crippen LogP contribution in [0.4, 0.5) is 0 Å². The number of hydrogen-bond acceptors (Lipinski definition) is 4. The fourth-order valence-electron chi connectivity index (χ4n) is 1.42. The van der Waals surface area contributed by atoms with Crippen LogP contribution in [0.15, 0.2) is 34.4 Å². The molecule has 0 atom stereocenters. The van der Waals surface area contributed by atoms with Crippen LogP contribution in [0, 0.1) is 11.3 Å². The highest BCUT2D eigenvalue weighted by Gasteiger charge is 2.08. The standard InChI is InChI=1S/C12H10ClN3OS/c1-16-9(7-17)6-15-12(16)18-10-3-2-8(5-14)11(13)4-10/h2-4,6,17H,7H2,1H3. The monoisotopic (exact) mass is 279 g/mol. The van der Waals surface area contributed by atoms with Gasteiger partial charge in [-0.3, -0.25) is 0 Å².